The lowest BCUT2D eigenvalue weighted by Crippen LogP contribution is -2.09. The topological polar surface area (TPSA) is 35.5 Å². The highest BCUT2D eigenvalue weighted by molar-refractivity contribution is 5.96. The molecule has 152 valence electrons. The number of hydrogen-bond donors (Lipinski definition) is 0. The molecule has 8 heteroatoms. The van der Waals surface area contributed by atoms with Crippen molar-refractivity contribution in [3.05, 3.63) is 58.4 Å². The van der Waals surface area contributed by atoms with Crippen molar-refractivity contribution in [3.63, 3.8) is 0 Å². The summed E-state index contributed by atoms with van der Waals surface area (Å²) in [6, 6.07) is 5.08. The summed E-state index contributed by atoms with van der Waals surface area (Å²) in [5, 5.41) is 0. The summed E-state index contributed by atoms with van der Waals surface area (Å²) < 4.78 is 76.3. The molecular weight excluding hydrogens is 383 g/mol. The van der Waals surface area contributed by atoms with Gasteiger partial charge in [-0.2, -0.15) is 8.78 Å². The Hall–Kier alpha value is -2.64. The predicted molar refractivity (Wildman–Crippen MR) is 92.3 cm³/mol. The lowest BCUT2D eigenvalue weighted by atomic mass is 10.1. The summed E-state index contributed by atoms with van der Waals surface area (Å²) in [5.41, 5.74) is 1.39. The van der Waals surface area contributed by atoms with Crippen molar-refractivity contribution in [2.45, 2.75) is 33.1 Å². The summed E-state index contributed by atoms with van der Waals surface area (Å²) in [6.07, 6.45) is 1.10. The van der Waals surface area contributed by atoms with Crippen LogP contribution >= 0.6 is 0 Å². The first-order valence-corrected chi connectivity index (χ1v) is 8.68. The summed E-state index contributed by atoms with van der Waals surface area (Å²) in [6.45, 7) is 3.58. The normalized spacial score (nSPS) is 10.8. The number of Topliss-reactive ketones (excluding diaryl/α,β-unsaturated/α-hetero) is 1. The van der Waals surface area contributed by atoms with Crippen molar-refractivity contribution in [1.82, 2.24) is 0 Å². The summed E-state index contributed by atoms with van der Waals surface area (Å²) in [4.78, 5) is 11.7. The Morgan fingerprint density at radius 1 is 0.857 bits per heavy atom. The Morgan fingerprint density at radius 2 is 1.39 bits per heavy atom. The smallest absolute Gasteiger partial charge is 0.206 e. The molecule has 0 saturated heterocycles. The third kappa shape index (κ3) is 4.79. The highest BCUT2D eigenvalue weighted by Crippen LogP contribution is 2.29. The average molecular weight is 402 g/mol. The van der Waals surface area contributed by atoms with Gasteiger partial charge in [0.05, 0.1) is 13.2 Å². The minimum absolute atomic E-state index is 0.0277. The van der Waals surface area contributed by atoms with Crippen LogP contribution in [0.2, 0.25) is 0 Å². The molecule has 2 aromatic carbocycles. The molecule has 0 aliphatic rings. The molecule has 0 bridgehead atoms. The van der Waals surface area contributed by atoms with Gasteiger partial charge in [0.2, 0.25) is 29.1 Å². The predicted octanol–water partition coefficient (Wildman–Crippen LogP) is 5.52. The number of rotatable bonds is 9. The zero-order valence-electron chi connectivity index (χ0n) is 15.4. The van der Waals surface area contributed by atoms with Crippen molar-refractivity contribution in [2.75, 3.05) is 13.2 Å². The summed E-state index contributed by atoms with van der Waals surface area (Å²) in [7, 11) is 0. The molecule has 0 aliphatic carbocycles. The van der Waals surface area contributed by atoms with Crippen molar-refractivity contribution >= 4 is 5.78 Å². The molecule has 0 saturated carbocycles. The van der Waals surface area contributed by atoms with Gasteiger partial charge in [-0.3, -0.25) is 4.79 Å². The third-order valence-corrected chi connectivity index (χ3v) is 4.03. The monoisotopic (exact) mass is 402 g/mol. The number of ether oxygens (including phenoxy) is 2. The van der Waals surface area contributed by atoms with E-state index in [1.807, 2.05) is 0 Å². The molecule has 0 unspecified atom stereocenters. The maximum Gasteiger partial charge on any atom is 0.206 e. The Labute approximate surface area is 159 Å². The summed E-state index contributed by atoms with van der Waals surface area (Å²) >= 11 is 0. The van der Waals surface area contributed by atoms with Crippen LogP contribution in [0.1, 0.15) is 42.1 Å². The molecule has 2 aromatic rings. The molecule has 0 atom stereocenters. The van der Waals surface area contributed by atoms with Crippen LogP contribution < -0.4 is 9.47 Å². The van der Waals surface area contributed by atoms with E-state index in [-0.39, 0.29) is 25.4 Å². The zero-order valence-corrected chi connectivity index (χ0v) is 15.4. The fourth-order valence-corrected chi connectivity index (χ4v) is 2.46. The van der Waals surface area contributed by atoms with Crippen molar-refractivity contribution < 1.29 is 36.2 Å². The van der Waals surface area contributed by atoms with Crippen LogP contribution in [-0.2, 0) is 0 Å². The lowest BCUT2D eigenvalue weighted by molar-refractivity contribution is 0.0988. The Balaban J connectivity index is 1.83. The van der Waals surface area contributed by atoms with Gasteiger partial charge >= 0.3 is 0 Å². The number of halogens is 5. The van der Waals surface area contributed by atoms with Crippen LogP contribution in [0.5, 0.6) is 11.5 Å². The third-order valence-electron chi connectivity index (χ3n) is 4.03. The maximum atomic E-state index is 13.5. The molecule has 0 aromatic heterocycles. The molecule has 0 N–H and O–H groups in total. The standard InChI is InChI=1S/C20H19F5O3/c1-3-13(26)12-6-7-14(11(2)10-12)27-8-4-5-9-28-20-18(24)16(22)15(21)17(23)19(20)25/h6-7,10H,3-5,8-9H2,1-2H3. The first-order chi connectivity index (χ1) is 13.3. The SMILES string of the molecule is CCC(=O)c1ccc(OCCCCOc2c(F)c(F)c(F)c(F)c2F)c(C)c1. The van der Waals surface area contributed by atoms with Crippen LogP contribution in [0, 0.1) is 36.0 Å². The quantitative estimate of drug-likeness (QED) is 0.182. The molecule has 0 spiro atoms. The zero-order chi connectivity index (χ0) is 20.8. The fraction of sp³-hybridized carbons (Fsp3) is 0.350. The van der Waals surface area contributed by atoms with Crippen LogP contribution in [0.25, 0.3) is 0 Å². The Kier molecular flexibility index (Phi) is 7.37. The molecular formula is C20H19F5O3. The minimum Gasteiger partial charge on any atom is -0.493 e. The molecule has 0 amide bonds. The van der Waals surface area contributed by atoms with Crippen molar-refractivity contribution in [1.29, 1.82) is 0 Å². The second kappa shape index (κ2) is 9.52. The van der Waals surface area contributed by atoms with Gasteiger partial charge in [0, 0.05) is 12.0 Å². The van der Waals surface area contributed by atoms with Crippen LogP contribution in [0.15, 0.2) is 18.2 Å². The van der Waals surface area contributed by atoms with E-state index in [1.54, 1.807) is 32.0 Å². The van der Waals surface area contributed by atoms with E-state index < -0.39 is 34.8 Å². The van der Waals surface area contributed by atoms with Gasteiger partial charge in [-0.15, -0.1) is 0 Å². The molecule has 0 aliphatic heterocycles. The maximum absolute atomic E-state index is 13.5. The Morgan fingerprint density at radius 3 is 1.93 bits per heavy atom. The van der Waals surface area contributed by atoms with Crippen LogP contribution in [-0.4, -0.2) is 19.0 Å². The van der Waals surface area contributed by atoms with E-state index in [4.69, 9.17) is 9.47 Å². The second-order valence-corrected chi connectivity index (χ2v) is 6.06. The second-order valence-electron chi connectivity index (χ2n) is 6.06. The van der Waals surface area contributed by atoms with Crippen LogP contribution in [0.3, 0.4) is 0 Å². The molecule has 0 fully saturated rings. The van der Waals surface area contributed by atoms with Crippen molar-refractivity contribution in [2.24, 2.45) is 0 Å². The number of carbonyl (C=O) groups is 1. The first kappa shape index (κ1) is 21.7. The van der Waals surface area contributed by atoms with Gasteiger partial charge in [-0.1, -0.05) is 6.92 Å². The van der Waals surface area contributed by atoms with E-state index in [1.165, 1.54) is 0 Å². The number of benzene rings is 2. The molecule has 3 nitrogen and oxygen atoms in total. The highest BCUT2D eigenvalue weighted by Gasteiger charge is 2.26. The molecule has 0 radical (unpaired) electrons. The number of aryl methyl sites for hydroxylation is 1. The largest absolute Gasteiger partial charge is 0.493 e. The molecule has 2 rings (SSSR count). The number of ketones is 1. The summed E-state index contributed by atoms with van der Waals surface area (Å²) in [5.74, 6) is -11.0. The van der Waals surface area contributed by atoms with Gasteiger partial charge in [-0.05, 0) is 43.5 Å². The number of hydrogen-bond acceptors (Lipinski definition) is 3. The van der Waals surface area contributed by atoms with E-state index in [0.29, 0.717) is 24.2 Å². The lowest BCUT2D eigenvalue weighted by Gasteiger charge is -2.12. The Bertz CT molecular complexity index is 838. The average Bonchev–Trinajstić information content (AvgIpc) is 2.69. The van der Waals surface area contributed by atoms with Gasteiger partial charge < -0.3 is 9.47 Å². The minimum atomic E-state index is -2.22. The van der Waals surface area contributed by atoms with Crippen molar-refractivity contribution in [3.8, 4) is 11.5 Å². The fourth-order valence-electron chi connectivity index (χ4n) is 2.46. The first-order valence-electron chi connectivity index (χ1n) is 8.68. The van der Waals surface area contributed by atoms with E-state index >= 15 is 0 Å². The van der Waals surface area contributed by atoms with E-state index in [2.05, 4.69) is 0 Å². The van der Waals surface area contributed by atoms with Gasteiger partial charge in [0.1, 0.15) is 5.75 Å². The van der Waals surface area contributed by atoms with Crippen LogP contribution in [0.4, 0.5) is 22.0 Å². The number of unbranched alkanes of at least 4 members (excludes halogenated alkanes) is 1. The molecule has 0 heterocycles. The van der Waals surface area contributed by atoms with Gasteiger partial charge in [0.15, 0.2) is 11.5 Å². The van der Waals surface area contributed by atoms with E-state index in [9.17, 15) is 26.7 Å². The van der Waals surface area contributed by atoms with E-state index in [0.717, 1.165) is 5.56 Å². The van der Waals surface area contributed by atoms with Gasteiger partial charge in [0.25, 0.3) is 0 Å². The highest BCUT2D eigenvalue weighted by atomic mass is 19.2. The van der Waals surface area contributed by atoms with Gasteiger partial charge in [-0.25, -0.2) is 13.2 Å². The molecule has 28 heavy (non-hydrogen) atoms. The number of carbonyl (C=O) groups excluding carboxylic acids is 1.